The second-order valence-corrected chi connectivity index (χ2v) is 8.72. The smallest absolute Gasteiger partial charge is 0.311 e. The van der Waals surface area contributed by atoms with Gasteiger partial charge in [-0.25, -0.2) is 8.42 Å². The fourth-order valence-electron chi connectivity index (χ4n) is 3.23. The Morgan fingerprint density at radius 1 is 1.29 bits per heavy atom. The number of carbonyl (C=O) groups excluding carboxylic acids is 1. The molecule has 0 aromatic heterocycles. The number of carboxylic acid groups (broad SMARTS) is 1. The van der Waals surface area contributed by atoms with Crippen LogP contribution >= 0.6 is 0 Å². The number of nitrogens with zero attached hydrogens (tertiary/aromatic N) is 1. The van der Waals surface area contributed by atoms with Crippen molar-refractivity contribution in [1.82, 2.24) is 4.90 Å². The molecule has 1 aromatic rings. The van der Waals surface area contributed by atoms with E-state index in [0.717, 1.165) is 6.26 Å². The normalized spacial score (nSPS) is 21.2. The van der Waals surface area contributed by atoms with Crippen LogP contribution in [-0.4, -0.2) is 49.6 Å². The third kappa shape index (κ3) is 3.45. The van der Waals surface area contributed by atoms with E-state index in [9.17, 15) is 23.1 Å². The van der Waals surface area contributed by atoms with E-state index in [1.165, 1.54) is 11.0 Å². The standard InChI is InChI=1S/C17H23NO5S/c1-12(2)17(16(20)21)8-9-18(11-17)15(19)10-13-6-4-5-7-14(13)24(3,22)23/h4-7,12H,8-11H2,1-3H3,(H,20,21). The molecule has 0 saturated carbocycles. The van der Waals surface area contributed by atoms with Crippen LogP contribution in [0.25, 0.3) is 0 Å². The van der Waals surface area contributed by atoms with Gasteiger partial charge in [-0.05, 0) is 24.0 Å². The molecule has 0 bridgehead atoms. The summed E-state index contributed by atoms with van der Waals surface area (Å²) < 4.78 is 23.7. The molecule has 2 rings (SSSR count). The maximum atomic E-state index is 12.6. The first kappa shape index (κ1) is 18.4. The topological polar surface area (TPSA) is 91.8 Å². The van der Waals surface area contributed by atoms with Crippen LogP contribution in [0.15, 0.2) is 29.2 Å². The quantitative estimate of drug-likeness (QED) is 0.868. The molecule has 1 fully saturated rings. The molecule has 1 aliphatic rings. The molecule has 1 N–H and O–H groups in total. The monoisotopic (exact) mass is 353 g/mol. The SMILES string of the molecule is CC(C)C1(C(=O)O)CCN(C(=O)Cc2ccccc2S(C)(=O)=O)C1. The van der Waals surface area contributed by atoms with Crippen molar-refractivity contribution in [3.8, 4) is 0 Å². The van der Waals surface area contributed by atoms with Gasteiger partial charge in [0.15, 0.2) is 9.84 Å². The Morgan fingerprint density at radius 3 is 2.42 bits per heavy atom. The molecule has 1 amide bonds. The molecule has 0 aliphatic carbocycles. The van der Waals surface area contributed by atoms with E-state index >= 15 is 0 Å². The first-order valence-corrected chi connectivity index (χ1v) is 9.76. The summed E-state index contributed by atoms with van der Waals surface area (Å²) >= 11 is 0. The second kappa shape index (κ2) is 6.55. The summed E-state index contributed by atoms with van der Waals surface area (Å²) in [5.74, 6) is -1.21. The Hall–Kier alpha value is -1.89. The maximum absolute atomic E-state index is 12.6. The van der Waals surface area contributed by atoms with Crippen molar-refractivity contribution in [2.24, 2.45) is 11.3 Å². The molecule has 1 heterocycles. The van der Waals surface area contributed by atoms with E-state index in [-0.39, 0.29) is 29.7 Å². The van der Waals surface area contributed by atoms with Gasteiger partial charge in [-0.3, -0.25) is 9.59 Å². The Kier molecular flexibility index (Phi) is 5.03. The molecule has 0 radical (unpaired) electrons. The van der Waals surface area contributed by atoms with E-state index in [1.807, 2.05) is 13.8 Å². The zero-order valence-corrected chi connectivity index (χ0v) is 15.0. The van der Waals surface area contributed by atoms with Crippen LogP contribution in [0.4, 0.5) is 0 Å². The van der Waals surface area contributed by atoms with Crippen LogP contribution in [0, 0.1) is 11.3 Å². The van der Waals surface area contributed by atoms with E-state index in [4.69, 9.17) is 0 Å². The van der Waals surface area contributed by atoms with Crippen LogP contribution in [0.2, 0.25) is 0 Å². The zero-order chi connectivity index (χ0) is 18.1. The largest absolute Gasteiger partial charge is 0.481 e. The van der Waals surface area contributed by atoms with Gasteiger partial charge in [-0.1, -0.05) is 32.0 Å². The lowest BCUT2D eigenvalue weighted by Crippen LogP contribution is -2.41. The maximum Gasteiger partial charge on any atom is 0.311 e. The van der Waals surface area contributed by atoms with Crippen molar-refractivity contribution in [3.05, 3.63) is 29.8 Å². The highest BCUT2D eigenvalue weighted by Crippen LogP contribution is 2.38. The number of hydrogen-bond donors (Lipinski definition) is 1. The fourth-order valence-corrected chi connectivity index (χ4v) is 4.17. The summed E-state index contributed by atoms with van der Waals surface area (Å²) in [5, 5.41) is 9.56. The minimum atomic E-state index is -3.42. The fraction of sp³-hybridized carbons (Fsp3) is 0.529. The molecular weight excluding hydrogens is 330 g/mol. The number of rotatable bonds is 5. The first-order valence-electron chi connectivity index (χ1n) is 7.87. The minimum Gasteiger partial charge on any atom is -0.481 e. The molecule has 1 aliphatic heterocycles. The van der Waals surface area contributed by atoms with Gasteiger partial charge in [0.25, 0.3) is 0 Å². The van der Waals surface area contributed by atoms with Gasteiger partial charge < -0.3 is 10.0 Å². The summed E-state index contributed by atoms with van der Waals surface area (Å²) in [6.45, 7) is 4.24. The Morgan fingerprint density at radius 2 is 1.92 bits per heavy atom. The van der Waals surface area contributed by atoms with Gasteiger partial charge in [0.1, 0.15) is 0 Å². The van der Waals surface area contributed by atoms with Crippen LogP contribution in [0.1, 0.15) is 25.8 Å². The molecule has 132 valence electrons. The molecular formula is C17H23NO5S. The highest BCUT2D eigenvalue weighted by molar-refractivity contribution is 7.90. The second-order valence-electron chi connectivity index (χ2n) is 6.74. The highest BCUT2D eigenvalue weighted by Gasteiger charge is 2.48. The highest BCUT2D eigenvalue weighted by atomic mass is 32.2. The van der Waals surface area contributed by atoms with Crippen molar-refractivity contribution in [2.45, 2.75) is 31.6 Å². The molecule has 1 unspecified atom stereocenters. The molecule has 7 heteroatoms. The lowest BCUT2D eigenvalue weighted by molar-refractivity contribution is -0.151. The third-order valence-corrected chi connectivity index (χ3v) is 6.10. The van der Waals surface area contributed by atoms with Gasteiger partial charge in [-0.15, -0.1) is 0 Å². The van der Waals surface area contributed by atoms with Crippen molar-refractivity contribution >= 4 is 21.7 Å². The number of benzene rings is 1. The summed E-state index contributed by atoms with van der Waals surface area (Å²) in [7, 11) is -3.42. The van der Waals surface area contributed by atoms with Crippen molar-refractivity contribution < 1.29 is 23.1 Å². The summed E-state index contributed by atoms with van der Waals surface area (Å²) in [5.41, 5.74) is -0.478. The first-order chi connectivity index (χ1) is 11.1. The third-order valence-electron chi connectivity index (χ3n) is 4.90. The minimum absolute atomic E-state index is 0.0446. The van der Waals surface area contributed by atoms with Crippen LogP contribution < -0.4 is 0 Å². The number of carbonyl (C=O) groups is 2. The van der Waals surface area contributed by atoms with E-state index in [1.54, 1.807) is 18.2 Å². The average Bonchev–Trinajstić information content (AvgIpc) is 2.93. The van der Waals surface area contributed by atoms with Gasteiger partial charge in [0.05, 0.1) is 16.7 Å². The van der Waals surface area contributed by atoms with Crippen molar-refractivity contribution in [2.75, 3.05) is 19.3 Å². The van der Waals surface area contributed by atoms with Gasteiger partial charge in [0, 0.05) is 19.3 Å². The van der Waals surface area contributed by atoms with Gasteiger partial charge in [0.2, 0.25) is 5.91 Å². The van der Waals surface area contributed by atoms with E-state index < -0.39 is 21.2 Å². The Labute approximate surface area is 142 Å². The van der Waals surface area contributed by atoms with Crippen LogP contribution in [0.3, 0.4) is 0 Å². The van der Waals surface area contributed by atoms with Crippen molar-refractivity contribution in [3.63, 3.8) is 0 Å². The Balaban J connectivity index is 2.20. The number of hydrogen-bond acceptors (Lipinski definition) is 4. The van der Waals surface area contributed by atoms with E-state index in [0.29, 0.717) is 18.5 Å². The predicted molar refractivity (Wildman–Crippen MR) is 89.4 cm³/mol. The van der Waals surface area contributed by atoms with Crippen LogP contribution in [0.5, 0.6) is 0 Å². The van der Waals surface area contributed by atoms with Crippen molar-refractivity contribution in [1.29, 1.82) is 0 Å². The molecule has 0 spiro atoms. The van der Waals surface area contributed by atoms with Gasteiger partial charge >= 0.3 is 5.97 Å². The predicted octanol–water partition coefficient (Wildman–Crippen LogP) is 1.59. The molecule has 1 saturated heterocycles. The number of sulfone groups is 1. The number of amides is 1. The molecule has 1 aromatic carbocycles. The lowest BCUT2D eigenvalue weighted by atomic mass is 9.76. The lowest BCUT2D eigenvalue weighted by Gasteiger charge is -2.28. The van der Waals surface area contributed by atoms with Gasteiger partial charge in [-0.2, -0.15) is 0 Å². The van der Waals surface area contributed by atoms with E-state index in [2.05, 4.69) is 0 Å². The average molecular weight is 353 g/mol. The number of aliphatic carboxylic acids is 1. The summed E-state index contributed by atoms with van der Waals surface area (Å²) in [6.07, 6.45) is 1.48. The molecule has 24 heavy (non-hydrogen) atoms. The Bertz CT molecular complexity index is 756. The summed E-state index contributed by atoms with van der Waals surface area (Å²) in [6, 6.07) is 6.42. The zero-order valence-electron chi connectivity index (χ0n) is 14.2. The number of likely N-dealkylation sites (tertiary alicyclic amines) is 1. The molecule has 1 atom stereocenters. The van der Waals surface area contributed by atoms with Crippen LogP contribution in [-0.2, 0) is 25.8 Å². The summed E-state index contributed by atoms with van der Waals surface area (Å²) in [4.78, 5) is 25.9. The number of carboxylic acids is 1. The molecule has 6 nitrogen and oxygen atoms in total.